The molecule has 118 valence electrons. The number of hydrogen-bond acceptors (Lipinski definition) is 5. The normalized spacial score (nSPS) is 11.3. The van der Waals surface area contributed by atoms with E-state index in [1.54, 1.807) is 4.68 Å². The lowest BCUT2D eigenvalue weighted by Crippen LogP contribution is -2.37. The van der Waals surface area contributed by atoms with Crippen LogP contribution in [0.5, 0.6) is 0 Å². The topological polar surface area (TPSA) is 84.7 Å². The second-order valence-corrected chi connectivity index (χ2v) is 6.10. The molecule has 0 radical (unpaired) electrons. The number of anilines is 1. The number of hydrogen-bond donors (Lipinski definition) is 2. The van der Waals surface area contributed by atoms with E-state index >= 15 is 0 Å². The Labute approximate surface area is 130 Å². The second-order valence-electron chi connectivity index (χ2n) is 6.10. The average molecular weight is 302 g/mol. The zero-order valence-corrected chi connectivity index (χ0v) is 13.4. The lowest BCUT2D eigenvalue weighted by molar-refractivity contribution is -0.128. The van der Waals surface area contributed by atoms with Crippen molar-refractivity contribution in [2.24, 2.45) is 5.41 Å². The molecule has 22 heavy (non-hydrogen) atoms. The molecular weight excluding hydrogens is 280 g/mol. The maximum absolute atomic E-state index is 11.7. The van der Waals surface area contributed by atoms with Gasteiger partial charge in [-0.25, -0.2) is 14.6 Å². The van der Waals surface area contributed by atoms with E-state index in [-0.39, 0.29) is 11.3 Å². The lowest BCUT2D eigenvalue weighted by Gasteiger charge is -2.17. The van der Waals surface area contributed by atoms with Gasteiger partial charge in [-0.15, -0.1) is 0 Å². The third kappa shape index (κ3) is 4.28. The van der Waals surface area contributed by atoms with Crippen LogP contribution in [0.3, 0.4) is 0 Å². The Kier molecular flexibility index (Phi) is 4.75. The van der Waals surface area contributed by atoms with Crippen LogP contribution in [0.4, 0.5) is 5.82 Å². The van der Waals surface area contributed by atoms with E-state index < -0.39 is 0 Å². The highest BCUT2D eigenvalue weighted by Crippen LogP contribution is 2.12. The van der Waals surface area contributed by atoms with Crippen LogP contribution in [0, 0.1) is 12.3 Å². The highest BCUT2D eigenvalue weighted by Gasteiger charge is 2.20. The Balaban J connectivity index is 1.88. The van der Waals surface area contributed by atoms with Gasteiger partial charge in [0.25, 0.3) is 0 Å². The van der Waals surface area contributed by atoms with Crippen LogP contribution < -0.4 is 10.6 Å². The largest absolute Gasteiger partial charge is 0.368 e. The number of amides is 1. The van der Waals surface area contributed by atoms with E-state index in [2.05, 4.69) is 25.7 Å². The molecular formula is C15H22N6O. The van der Waals surface area contributed by atoms with Crippen LogP contribution in [0.25, 0.3) is 5.82 Å². The molecule has 2 aromatic rings. The molecule has 7 nitrogen and oxygen atoms in total. The first kappa shape index (κ1) is 15.9. The van der Waals surface area contributed by atoms with Gasteiger partial charge in [-0.1, -0.05) is 20.8 Å². The Morgan fingerprint density at radius 2 is 2.05 bits per heavy atom. The molecule has 2 aromatic heterocycles. The van der Waals surface area contributed by atoms with Crippen molar-refractivity contribution in [3.05, 3.63) is 30.4 Å². The monoisotopic (exact) mass is 302 g/mol. The summed E-state index contributed by atoms with van der Waals surface area (Å²) in [6.45, 7) is 8.72. The molecule has 7 heteroatoms. The first-order valence-corrected chi connectivity index (χ1v) is 7.23. The summed E-state index contributed by atoms with van der Waals surface area (Å²) in [4.78, 5) is 20.1. The van der Waals surface area contributed by atoms with E-state index in [1.165, 1.54) is 6.33 Å². The molecule has 0 saturated carbocycles. The fraction of sp³-hybridized carbons (Fsp3) is 0.467. The Hall–Kier alpha value is -2.44. The number of carbonyl (C=O) groups excluding carboxylic acids is 1. The van der Waals surface area contributed by atoms with Crippen LogP contribution in [0.2, 0.25) is 0 Å². The number of aryl methyl sites for hydroxylation is 1. The first-order chi connectivity index (χ1) is 10.4. The van der Waals surface area contributed by atoms with Crippen LogP contribution in [0.1, 0.15) is 26.5 Å². The third-order valence-corrected chi connectivity index (χ3v) is 3.01. The van der Waals surface area contributed by atoms with E-state index in [0.717, 1.165) is 5.69 Å². The lowest BCUT2D eigenvalue weighted by atomic mass is 9.96. The van der Waals surface area contributed by atoms with Crippen molar-refractivity contribution in [2.45, 2.75) is 27.7 Å². The number of nitrogens with one attached hydrogen (secondary N) is 2. The van der Waals surface area contributed by atoms with Crippen LogP contribution in [-0.4, -0.2) is 38.7 Å². The summed E-state index contributed by atoms with van der Waals surface area (Å²) in [6.07, 6.45) is 3.34. The minimum Gasteiger partial charge on any atom is -0.368 e. The van der Waals surface area contributed by atoms with Crippen molar-refractivity contribution in [3.63, 3.8) is 0 Å². The summed E-state index contributed by atoms with van der Waals surface area (Å²) in [5.41, 5.74) is 0.554. The predicted octanol–water partition coefficient (Wildman–Crippen LogP) is 1.54. The van der Waals surface area contributed by atoms with Gasteiger partial charge in [0.2, 0.25) is 5.91 Å². The molecule has 0 saturated heterocycles. The summed E-state index contributed by atoms with van der Waals surface area (Å²) >= 11 is 0. The molecule has 1 amide bonds. The van der Waals surface area contributed by atoms with Crippen LogP contribution >= 0.6 is 0 Å². The molecule has 0 bridgehead atoms. The Morgan fingerprint density at radius 1 is 1.27 bits per heavy atom. The van der Waals surface area contributed by atoms with E-state index in [0.29, 0.717) is 24.7 Å². The van der Waals surface area contributed by atoms with Crippen molar-refractivity contribution in [3.8, 4) is 5.82 Å². The van der Waals surface area contributed by atoms with E-state index in [1.807, 2.05) is 46.0 Å². The van der Waals surface area contributed by atoms with E-state index in [9.17, 15) is 4.79 Å². The molecule has 0 unspecified atom stereocenters. The van der Waals surface area contributed by atoms with Gasteiger partial charge in [-0.3, -0.25) is 4.79 Å². The molecule has 0 spiro atoms. The minimum absolute atomic E-state index is 0.0321. The highest BCUT2D eigenvalue weighted by molar-refractivity contribution is 5.81. The van der Waals surface area contributed by atoms with Gasteiger partial charge in [0.15, 0.2) is 5.82 Å². The van der Waals surface area contributed by atoms with Gasteiger partial charge < -0.3 is 10.6 Å². The standard InChI is InChI=1S/C15H22N6O/c1-11-5-8-21(20-11)13-9-12(18-10-19-13)16-6-7-17-14(22)15(2,3)4/h5,8-10H,6-7H2,1-4H3,(H,17,22)(H,16,18,19). The van der Waals surface area contributed by atoms with Crippen molar-refractivity contribution in [2.75, 3.05) is 18.4 Å². The smallest absolute Gasteiger partial charge is 0.225 e. The summed E-state index contributed by atoms with van der Waals surface area (Å²) < 4.78 is 1.70. The number of nitrogens with zero attached hydrogens (tertiary/aromatic N) is 4. The number of rotatable bonds is 5. The van der Waals surface area contributed by atoms with Gasteiger partial charge in [0.1, 0.15) is 12.1 Å². The first-order valence-electron chi connectivity index (χ1n) is 7.23. The maximum Gasteiger partial charge on any atom is 0.225 e. The number of aromatic nitrogens is 4. The number of carbonyl (C=O) groups is 1. The highest BCUT2D eigenvalue weighted by atomic mass is 16.2. The molecule has 0 aliphatic heterocycles. The van der Waals surface area contributed by atoms with Crippen molar-refractivity contribution >= 4 is 11.7 Å². The quantitative estimate of drug-likeness (QED) is 0.819. The van der Waals surface area contributed by atoms with Crippen molar-refractivity contribution in [1.82, 2.24) is 25.1 Å². The van der Waals surface area contributed by atoms with Crippen LogP contribution in [0.15, 0.2) is 24.7 Å². The summed E-state index contributed by atoms with van der Waals surface area (Å²) in [7, 11) is 0. The van der Waals surface area contributed by atoms with E-state index in [4.69, 9.17) is 0 Å². The summed E-state index contributed by atoms with van der Waals surface area (Å²) in [6, 6.07) is 3.73. The second kappa shape index (κ2) is 6.55. The van der Waals surface area contributed by atoms with Gasteiger partial charge in [0.05, 0.1) is 5.69 Å². The summed E-state index contributed by atoms with van der Waals surface area (Å²) in [5.74, 6) is 1.43. The minimum atomic E-state index is -0.375. The average Bonchev–Trinajstić information content (AvgIpc) is 2.89. The van der Waals surface area contributed by atoms with Crippen molar-refractivity contribution < 1.29 is 4.79 Å². The fourth-order valence-electron chi connectivity index (χ4n) is 1.74. The molecule has 2 N–H and O–H groups in total. The molecule has 0 aliphatic rings. The fourth-order valence-corrected chi connectivity index (χ4v) is 1.74. The molecule has 0 fully saturated rings. The zero-order valence-electron chi connectivity index (χ0n) is 13.4. The molecule has 2 rings (SSSR count). The van der Waals surface area contributed by atoms with Crippen molar-refractivity contribution in [1.29, 1.82) is 0 Å². The molecule has 2 heterocycles. The van der Waals surface area contributed by atoms with Gasteiger partial charge >= 0.3 is 0 Å². The SMILES string of the molecule is Cc1ccn(-c2cc(NCCNC(=O)C(C)(C)C)ncn2)n1. The third-order valence-electron chi connectivity index (χ3n) is 3.01. The predicted molar refractivity (Wildman–Crippen MR) is 84.8 cm³/mol. The molecule has 0 aliphatic carbocycles. The Morgan fingerprint density at radius 3 is 2.68 bits per heavy atom. The molecule has 0 aromatic carbocycles. The van der Waals surface area contributed by atoms with Crippen LogP contribution in [-0.2, 0) is 4.79 Å². The maximum atomic E-state index is 11.7. The Bertz CT molecular complexity index is 643. The summed E-state index contributed by atoms with van der Waals surface area (Å²) in [5, 5.41) is 10.4. The van der Waals surface area contributed by atoms with Gasteiger partial charge in [-0.2, -0.15) is 5.10 Å². The zero-order chi connectivity index (χ0) is 16.2. The van der Waals surface area contributed by atoms with Gasteiger partial charge in [-0.05, 0) is 13.0 Å². The molecule has 0 atom stereocenters. The van der Waals surface area contributed by atoms with Gasteiger partial charge in [0, 0.05) is 30.8 Å².